The van der Waals surface area contributed by atoms with Crippen LogP contribution in [0.25, 0.3) is 0 Å². The Kier molecular flexibility index (Phi) is 3.22. The summed E-state index contributed by atoms with van der Waals surface area (Å²) in [4.78, 5) is 0. The molecule has 0 amide bonds. The van der Waals surface area contributed by atoms with Crippen LogP contribution in [0.1, 0.15) is 17.2 Å². The Balaban J connectivity index is 2.40. The monoisotopic (exact) mass is 312 g/mol. The molecule has 1 heterocycles. The first-order chi connectivity index (χ1) is 6.59. The molecule has 0 bridgehead atoms. The highest BCUT2D eigenvalue weighted by atomic mass is 79.9. The summed E-state index contributed by atoms with van der Waals surface area (Å²) in [6.45, 7) is 0. The standard InChI is InChI=1S/C9H7BrCl2OS/c10-9-6(11)3-5(4-7(9)12)8-1-2-14(8)13/h3-4,8H,1-2H2. The van der Waals surface area contributed by atoms with Gasteiger partial charge in [-0.05, 0) is 40.0 Å². The van der Waals surface area contributed by atoms with E-state index in [9.17, 15) is 4.21 Å². The predicted molar refractivity (Wildman–Crippen MR) is 64.5 cm³/mol. The van der Waals surface area contributed by atoms with Crippen molar-refractivity contribution in [3.63, 3.8) is 0 Å². The van der Waals surface area contributed by atoms with E-state index in [1.54, 1.807) is 0 Å². The van der Waals surface area contributed by atoms with E-state index in [0.717, 1.165) is 17.7 Å². The van der Waals surface area contributed by atoms with Crippen LogP contribution < -0.4 is 0 Å². The van der Waals surface area contributed by atoms with Crippen molar-refractivity contribution in [2.24, 2.45) is 0 Å². The fourth-order valence-corrected chi connectivity index (χ4v) is 3.25. The summed E-state index contributed by atoms with van der Waals surface area (Å²) in [5, 5.41) is 1.28. The van der Waals surface area contributed by atoms with E-state index in [2.05, 4.69) is 15.9 Å². The summed E-state index contributed by atoms with van der Waals surface area (Å²) in [7, 11) is -0.736. The van der Waals surface area contributed by atoms with Gasteiger partial charge in [0.05, 0.1) is 19.8 Å². The Morgan fingerprint density at radius 1 is 1.36 bits per heavy atom. The van der Waals surface area contributed by atoms with Crippen LogP contribution in [0.5, 0.6) is 0 Å². The zero-order valence-corrected chi connectivity index (χ0v) is 11.0. The SMILES string of the molecule is O=S1CCC1c1cc(Cl)c(Br)c(Cl)c1. The molecule has 1 aliphatic heterocycles. The molecule has 1 saturated heterocycles. The fourth-order valence-electron chi connectivity index (χ4n) is 1.41. The number of hydrogen-bond donors (Lipinski definition) is 0. The summed E-state index contributed by atoms with van der Waals surface area (Å²) in [6, 6.07) is 3.67. The highest BCUT2D eigenvalue weighted by Gasteiger charge is 2.28. The van der Waals surface area contributed by atoms with Gasteiger partial charge in [0.15, 0.2) is 0 Å². The minimum absolute atomic E-state index is 0.123. The molecule has 2 atom stereocenters. The minimum atomic E-state index is -0.736. The van der Waals surface area contributed by atoms with Crippen LogP contribution in [-0.4, -0.2) is 9.96 Å². The maximum absolute atomic E-state index is 11.4. The molecule has 1 aromatic carbocycles. The van der Waals surface area contributed by atoms with Crippen LogP contribution in [0, 0.1) is 0 Å². The Hall–Kier alpha value is 0.430. The second-order valence-electron chi connectivity index (χ2n) is 3.16. The molecule has 0 aromatic heterocycles. The summed E-state index contributed by atoms with van der Waals surface area (Å²) in [6.07, 6.45) is 0.959. The van der Waals surface area contributed by atoms with Crippen molar-refractivity contribution in [2.75, 3.05) is 5.75 Å². The van der Waals surface area contributed by atoms with E-state index in [4.69, 9.17) is 23.2 Å². The first kappa shape index (κ1) is 10.9. The molecule has 0 radical (unpaired) electrons. The molecular formula is C9H7BrCl2OS. The third-order valence-electron chi connectivity index (χ3n) is 2.28. The van der Waals surface area contributed by atoms with Crippen molar-refractivity contribution in [1.82, 2.24) is 0 Å². The first-order valence-electron chi connectivity index (χ1n) is 4.11. The van der Waals surface area contributed by atoms with Crippen molar-refractivity contribution in [2.45, 2.75) is 11.7 Å². The zero-order chi connectivity index (χ0) is 10.3. The second-order valence-corrected chi connectivity index (χ2v) is 6.51. The van der Waals surface area contributed by atoms with Crippen LogP contribution >= 0.6 is 39.1 Å². The van der Waals surface area contributed by atoms with Gasteiger partial charge in [0, 0.05) is 16.6 Å². The van der Waals surface area contributed by atoms with Crippen LogP contribution in [-0.2, 0) is 10.8 Å². The van der Waals surface area contributed by atoms with Gasteiger partial charge in [0.25, 0.3) is 0 Å². The van der Waals surface area contributed by atoms with Gasteiger partial charge in [-0.3, -0.25) is 4.21 Å². The fraction of sp³-hybridized carbons (Fsp3) is 0.333. The van der Waals surface area contributed by atoms with Gasteiger partial charge in [-0.1, -0.05) is 23.2 Å². The highest BCUT2D eigenvalue weighted by Crippen LogP contribution is 2.39. The lowest BCUT2D eigenvalue weighted by Crippen LogP contribution is -2.22. The lowest BCUT2D eigenvalue weighted by Gasteiger charge is -2.25. The third-order valence-corrected chi connectivity index (χ3v) is 5.96. The lowest BCUT2D eigenvalue weighted by atomic mass is 10.1. The van der Waals surface area contributed by atoms with E-state index in [1.807, 2.05) is 12.1 Å². The van der Waals surface area contributed by atoms with Crippen molar-refractivity contribution in [1.29, 1.82) is 0 Å². The Morgan fingerprint density at radius 2 is 1.93 bits per heavy atom. The summed E-state index contributed by atoms with van der Waals surface area (Å²) >= 11 is 15.2. The smallest absolute Gasteiger partial charge is 0.0606 e. The lowest BCUT2D eigenvalue weighted by molar-refractivity contribution is 0.645. The van der Waals surface area contributed by atoms with Gasteiger partial charge in [-0.15, -0.1) is 0 Å². The topological polar surface area (TPSA) is 17.1 Å². The van der Waals surface area contributed by atoms with Crippen molar-refractivity contribution < 1.29 is 4.21 Å². The van der Waals surface area contributed by atoms with E-state index >= 15 is 0 Å². The van der Waals surface area contributed by atoms with Crippen molar-refractivity contribution in [3.05, 3.63) is 32.2 Å². The normalized spacial score (nSPS) is 25.9. The van der Waals surface area contributed by atoms with Gasteiger partial charge in [0.2, 0.25) is 0 Å². The molecule has 76 valence electrons. The molecule has 5 heteroatoms. The molecule has 0 spiro atoms. The third kappa shape index (κ3) is 1.87. The molecule has 1 fully saturated rings. The maximum atomic E-state index is 11.4. The molecule has 1 nitrogen and oxygen atoms in total. The van der Waals surface area contributed by atoms with Gasteiger partial charge >= 0.3 is 0 Å². The molecule has 1 aliphatic rings. The molecule has 2 rings (SSSR count). The van der Waals surface area contributed by atoms with Crippen LogP contribution in [0.2, 0.25) is 10.0 Å². The molecule has 1 aromatic rings. The predicted octanol–water partition coefficient (Wildman–Crippen LogP) is 3.95. The van der Waals surface area contributed by atoms with E-state index < -0.39 is 10.8 Å². The maximum Gasteiger partial charge on any atom is 0.0606 e. The molecule has 2 unspecified atom stereocenters. The van der Waals surface area contributed by atoms with Gasteiger partial charge in [-0.25, -0.2) is 0 Å². The van der Waals surface area contributed by atoms with Crippen molar-refractivity contribution in [3.8, 4) is 0 Å². The van der Waals surface area contributed by atoms with Gasteiger partial charge in [-0.2, -0.15) is 0 Å². The van der Waals surface area contributed by atoms with Crippen LogP contribution in [0.15, 0.2) is 16.6 Å². The number of benzene rings is 1. The summed E-state index contributed by atoms with van der Waals surface area (Å²) < 4.78 is 12.1. The number of halogens is 3. The van der Waals surface area contributed by atoms with Gasteiger partial charge in [0.1, 0.15) is 0 Å². The summed E-state index contributed by atoms with van der Waals surface area (Å²) in [5.41, 5.74) is 0.979. The quantitative estimate of drug-likeness (QED) is 0.717. The van der Waals surface area contributed by atoms with Crippen LogP contribution in [0.4, 0.5) is 0 Å². The van der Waals surface area contributed by atoms with E-state index in [-0.39, 0.29) is 5.25 Å². The van der Waals surface area contributed by atoms with Crippen LogP contribution in [0.3, 0.4) is 0 Å². The molecule has 14 heavy (non-hydrogen) atoms. The number of rotatable bonds is 1. The molecule has 0 aliphatic carbocycles. The highest BCUT2D eigenvalue weighted by molar-refractivity contribution is 9.10. The zero-order valence-electron chi connectivity index (χ0n) is 7.10. The Morgan fingerprint density at radius 3 is 2.29 bits per heavy atom. The van der Waals surface area contributed by atoms with Gasteiger partial charge < -0.3 is 0 Å². The average Bonchev–Trinajstić information content (AvgIpc) is 2.11. The molecule has 0 N–H and O–H groups in total. The number of hydrogen-bond acceptors (Lipinski definition) is 1. The van der Waals surface area contributed by atoms with E-state index in [0.29, 0.717) is 14.5 Å². The van der Waals surface area contributed by atoms with E-state index in [1.165, 1.54) is 0 Å². The average molecular weight is 314 g/mol. The summed E-state index contributed by atoms with van der Waals surface area (Å²) in [5.74, 6) is 0.788. The molecule has 0 saturated carbocycles. The Bertz CT molecular complexity index is 385. The Labute approximate surface area is 103 Å². The van der Waals surface area contributed by atoms with Crippen molar-refractivity contribution >= 4 is 49.9 Å². The first-order valence-corrected chi connectivity index (χ1v) is 7.04. The minimum Gasteiger partial charge on any atom is -0.259 e. The second kappa shape index (κ2) is 4.12. The molecular weight excluding hydrogens is 307 g/mol. The largest absolute Gasteiger partial charge is 0.259 e.